The van der Waals surface area contributed by atoms with Gasteiger partial charge >= 0.3 is 0 Å². The van der Waals surface area contributed by atoms with Crippen molar-refractivity contribution in [2.24, 2.45) is 0 Å². The van der Waals surface area contributed by atoms with Crippen LogP contribution < -0.4 is 0 Å². The van der Waals surface area contributed by atoms with Gasteiger partial charge in [0.1, 0.15) is 0 Å². The van der Waals surface area contributed by atoms with Crippen molar-refractivity contribution < 1.29 is 4.74 Å². The van der Waals surface area contributed by atoms with E-state index in [1.54, 1.807) is 4.88 Å². The second-order valence-corrected chi connectivity index (χ2v) is 5.54. The van der Waals surface area contributed by atoms with Gasteiger partial charge in [-0.3, -0.25) is 4.90 Å². The van der Waals surface area contributed by atoms with Crippen LogP contribution in [0, 0.1) is 0 Å². The Hall–Kier alpha value is -0.0300. The van der Waals surface area contributed by atoms with E-state index in [0.717, 1.165) is 25.5 Å². The molecule has 0 aliphatic carbocycles. The highest BCUT2D eigenvalue weighted by molar-refractivity contribution is 7.80. The van der Waals surface area contributed by atoms with E-state index in [-0.39, 0.29) is 0 Å². The molecular formula is C12H19NOS2. The Morgan fingerprint density at radius 3 is 3.25 bits per heavy atom. The standard InChI is InChI=1S/C12H19NOS2/c1-10-11-3-9-16-12(11)2-4-13(10)5-6-14-7-8-15/h3,9-10,15H,2,4-8H2,1H3. The minimum Gasteiger partial charge on any atom is -0.379 e. The molecule has 1 aliphatic rings. The summed E-state index contributed by atoms with van der Waals surface area (Å²) < 4.78 is 5.49. The lowest BCUT2D eigenvalue weighted by Crippen LogP contribution is -2.35. The van der Waals surface area contributed by atoms with Gasteiger partial charge in [-0.2, -0.15) is 12.6 Å². The third-order valence-electron chi connectivity index (χ3n) is 3.16. The number of rotatable bonds is 5. The van der Waals surface area contributed by atoms with Gasteiger partial charge in [0, 0.05) is 29.8 Å². The maximum Gasteiger partial charge on any atom is 0.0594 e. The first-order chi connectivity index (χ1) is 7.83. The SMILES string of the molecule is CC1c2ccsc2CCN1CCOCCS. The van der Waals surface area contributed by atoms with Crippen molar-refractivity contribution in [3.8, 4) is 0 Å². The number of thiophene rings is 1. The van der Waals surface area contributed by atoms with E-state index in [1.807, 2.05) is 11.3 Å². The predicted octanol–water partition coefficient (Wildman–Crippen LogP) is 2.61. The molecule has 0 amide bonds. The normalized spacial score (nSPS) is 21.0. The lowest BCUT2D eigenvalue weighted by molar-refractivity contribution is 0.0959. The fraction of sp³-hybridized carbons (Fsp3) is 0.667. The van der Waals surface area contributed by atoms with Crippen molar-refractivity contribution in [3.63, 3.8) is 0 Å². The predicted molar refractivity (Wildman–Crippen MR) is 72.7 cm³/mol. The maximum atomic E-state index is 5.49. The van der Waals surface area contributed by atoms with Gasteiger partial charge in [-0.05, 0) is 30.4 Å². The van der Waals surface area contributed by atoms with Crippen molar-refractivity contribution in [3.05, 3.63) is 21.9 Å². The first kappa shape index (κ1) is 12.4. The van der Waals surface area contributed by atoms with Gasteiger partial charge in [-0.15, -0.1) is 11.3 Å². The van der Waals surface area contributed by atoms with Gasteiger partial charge in [0.25, 0.3) is 0 Å². The van der Waals surface area contributed by atoms with Crippen LogP contribution in [0.5, 0.6) is 0 Å². The molecular weight excluding hydrogens is 238 g/mol. The monoisotopic (exact) mass is 257 g/mol. The summed E-state index contributed by atoms with van der Waals surface area (Å²) >= 11 is 6.02. The zero-order valence-corrected chi connectivity index (χ0v) is 11.4. The molecule has 16 heavy (non-hydrogen) atoms. The number of hydrogen-bond acceptors (Lipinski definition) is 4. The van der Waals surface area contributed by atoms with Crippen molar-refractivity contribution in [1.29, 1.82) is 0 Å². The number of hydrogen-bond donors (Lipinski definition) is 1. The number of ether oxygens (including phenoxy) is 1. The van der Waals surface area contributed by atoms with Crippen LogP contribution in [0.4, 0.5) is 0 Å². The first-order valence-electron chi connectivity index (χ1n) is 5.82. The third kappa shape index (κ3) is 2.80. The van der Waals surface area contributed by atoms with Crippen LogP contribution in [0.2, 0.25) is 0 Å². The quantitative estimate of drug-likeness (QED) is 0.643. The lowest BCUT2D eigenvalue weighted by Gasteiger charge is -2.33. The third-order valence-corrected chi connectivity index (χ3v) is 4.34. The molecule has 1 aromatic rings. The molecule has 0 aromatic carbocycles. The Kier molecular flexibility index (Phi) is 4.70. The molecule has 4 heteroatoms. The molecule has 0 spiro atoms. The number of nitrogens with zero attached hydrogens (tertiary/aromatic N) is 1. The summed E-state index contributed by atoms with van der Waals surface area (Å²) in [6.45, 7) is 6.08. The van der Waals surface area contributed by atoms with Crippen LogP contribution in [0.25, 0.3) is 0 Å². The maximum absolute atomic E-state index is 5.49. The molecule has 1 atom stereocenters. The van der Waals surface area contributed by atoms with Gasteiger partial charge in [0.2, 0.25) is 0 Å². The van der Waals surface area contributed by atoms with E-state index in [0.29, 0.717) is 6.04 Å². The molecule has 2 heterocycles. The van der Waals surface area contributed by atoms with Crippen molar-refractivity contribution in [2.45, 2.75) is 19.4 Å². The summed E-state index contributed by atoms with van der Waals surface area (Å²) in [7, 11) is 0. The van der Waals surface area contributed by atoms with Crippen LogP contribution in [-0.4, -0.2) is 37.0 Å². The molecule has 2 rings (SSSR count). The summed E-state index contributed by atoms with van der Waals surface area (Å²) in [4.78, 5) is 4.08. The fourth-order valence-electron chi connectivity index (χ4n) is 2.22. The Morgan fingerprint density at radius 2 is 2.44 bits per heavy atom. The number of thiol groups is 1. The summed E-state index contributed by atoms with van der Waals surface area (Å²) in [5, 5.41) is 2.21. The molecule has 1 unspecified atom stereocenters. The van der Waals surface area contributed by atoms with Crippen LogP contribution in [0.3, 0.4) is 0 Å². The van der Waals surface area contributed by atoms with Gasteiger partial charge < -0.3 is 4.74 Å². The summed E-state index contributed by atoms with van der Waals surface area (Å²) in [6, 6.07) is 2.82. The molecule has 0 bridgehead atoms. The van der Waals surface area contributed by atoms with Crippen LogP contribution >= 0.6 is 24.0 Å². The number of fused-ring (bicyclic) bond motifs is 1. The molecule has 90 valence electrons. The minimum absolute atomic E-state index is 0.551. The average Bonchev–Trinajstić information content (AvgIpc) is 2.76. The molecule has 0 saturated heterocycles. The molecule has 2 nitrogen and oxygen atoms in total. The van der Waals surface area contributed by atoms with Crippen LogP contribution in [0.15, 0.2) is 11.4 Å². The smallest absolute Gasteiger partial charge is 0.0594 e. The van der Waals surface area contributed by atoms with E-state index >= 15 is 0 Å². The second-order valence-electron chi connectivity index (χ2n) is 4.10. The van der Waals surface area contributed by atoms with Gasteiger partial charge in [0.15, 0.2) is 0 Å². The largest absolute Gasteiger partial charge is 0.379 e. The van der Waals surface area contributed by atoms with Crippen molar-refractivity contribution in [1.82, 2.24) is 4.90 Å². The van der Waals surface area contributed by atoms with Crippen LogP contribution in [-0.2, 0) is 11.2 Å². The molecule has 1 aromatic heterocycles. The summed E-state index contributed by atoms with van der Waals surface area (Å²) in [5.74, 6) is 0.810. The van der Waals surface area contributed by atoms with Crippen molar-refractivity contribution in [2.75, 3.05) is 32.1 Å². The van der Waals surface area contributed by atoms with Gasteiger partial charge in [-0.1, -0.05) is 0 Å². The summed E-state index contributed by atoms with van der Waals surface area (Å²) in [5.41, 5.74) is 1.52. The topological polar surface area (TPSA) is 12.5 Å². The van der Waals surface area contributed by atoms with E-state index in [4.69, 9.17) is 4.74 Å². The van der Waals surface area contributed by atoms with E-state index in [9.17, 15) is 0 Å². The Bertz CT molecular complexity index is 327. The van der Waals surface area contributed by atoms with E-state index in [1.165, 1.54) is 18.5 Å². The van der Waals surface area contributed by atoms with E-state index in [2.05, 4.69) is 35.9 Å². The Labute approximate surface area is 107 Å². The minimum atomic E-state index is 0.551. The zero-order valence-electron chi connectivity index (χ0n) is 9.69. The molecule has 0 N–H and O–H groups in total. The lowest BCUT2D eigenvalue weighted by atomic mass is 10.0. The van der Waals surface area contributed by atoms with E-state index < -0.39 is 0 Å². The molecule has 0 fully saturated rings. The van der Waals surface area contributed by atoms with Crippen LogP contribution in [0.1, 0.15) is 23.4 Å². The highest BCUT2D eigenvalue weighted by Crippen LogP contribution is 2.32. The van der Waals surface area contributed by atoms with Gasteiger partial charge in [0.05, 0.1) is 13.2 Å². The Balaban J connectivity index is 1.84. The second kappa shape index (κ2) is 6.05. The van der Waals surface area contributed by atoms with Gasteiger partial charge in [-0.25, -0.2) is 0 Å². The molecule has 0 radical (unpaired) electrons. The molecule has 0 saturated carbocycles. The first-order valence-corrected chi connectivity index (χ1v) is 7.33. The Morgan fingerprint density at radius 1 is 1.56 bits per heavy atom. The zero-order chi connectivity index (χ0) is 11.4. The molecule has 1 aliphatic heterocycles. The average molecular weight is 257 g/mol. The highest BCUT2D eigenvalue weighted by Gasteiger charge is 2.23. The van der Waals surface area contributed by atoms with Crippen molar-refractivity contribution >= 4 is 24.0 Å². The highest BCUT2D eigenvalue weighted by atomic mass is 32.1. The fourth-order valence-corrected chi connectivity index (χ4v) is 3.31. The summed E-state index contributed by atoms with van der Waals surface area (Å²) in [6.07, 6.45) is 1.20.